The molecule has 0 saturated heterocycles. The van der Waals surface area contributed by atoms with Crippen LogP contribution in [0.1, 0.15) is 28.4 Å². The number of benzene rings is 3. The van der Waals surface area contributed by atoms with Gasteiger partial charge >= 0.3 is 5.97 Å². The fraction of sp³-hybridized carbons (Fsp3) is 0.222. The molecule has 0 bridgehead atoms. The van der Waals surface area contributed by atoms with Crippen LogP contribution in [0.2, 0.25) is 5.02 Å². The SMILES string of the molecule is COc1ccc(C(=O)Oc2ccc(/C=N/NC(=O)C(C)Oc3ccc(Cl)cc3C)cc2OC)cc1OC. The van der Waals surface area contributed by atoms with Crippen LogP contribution in [0.3, 0.4) is 0 Å². The number of amides is 1. The van der Waals surface area contributed by atoms with Gasteiger partial charge in [0, 0.05) is 5.02 Å². The Balaban J connectivity index is 1.63. The van der Waals surface area contributed by atoms with Crippen molar-refractivity contribution in [2.24, 2.45) is 5.10 Å². The zero-order valence-electron chi connectivity index (χ0n) is 21.0. The van der Waals surface area contributed by atoms with Crippen molar-refractivity contribution in [2.45, 2.75) is 20.0 Å². The predicted molar refractivity (Wildman–Crippen MR) is 140 cm³/mol. The van der Waals surface area contributed by atoms with Crippen LogP contribution >= 0.6 is 11.6 Å². The molecule has 0 aliphatic heterocycles. The van der Waals surface area contributed by atoms with Crippen LogP contribution in [0.15, 0.2) is 59.7 Å². The number of ether oxygens (including phenoxy) is 5. The second-order valence-electron chi connectivity index (χ2n) is 7.77. The van der Waals surface area contributed by atoms with Gasteiger partial charge in [0.25, 0.3) is 5.91 Å². The van der Waals surface area contributed by atoms with Gasteiger partial charge in [-0.3, -0.25) is 4.79 Å². The van der Waals surface area contributed by atoms with Gasteiger partial charge in [-0.05, 0) is 79.6 Å². The van der Waals surface area contributed by atoms with Crippen molar-refractivity contribution >= 4 is 29.7 Å². The van der Waals surface area contributed by atoms with E-state index in [1.165, 1.54) is 33.6 Å². The Labute approximate surface area is 219 Å². The quantitative estimate of drug-likeness (QED) is 0.175. The number of halogens is 1. The molecule has 0 spiro atoms. The Bertz CT molecular complexity index is 1310. The number of carbonyl (C=O) groups is 2. The lowest BCUT2D eigenvalue weighted by molar-refractivity contribution is -0.127. The molecule has 194 valence electrons. The molecular weight excluding hydrogens is 500 g/mol. The van der Waals surface area contributed by atoms with Gasteiger partial charge < -0.3 is 23.7 Å². The fourth-order valence-corrected chi connectivity index (χ4v) is 3.45. The van der Waals surface area contributed by atoms with E-state index in [9.17, 15) is 9.59 Å². The standard InChI is InChI=1S/C27H27ClN2O7/c1-16-12-20(28)8-11-21(16)36-17(2)26(31)30-29-15-18-6-9-23(24(13-18)34-4)37-27(32)19-7-10-22(33-3)25(14-19)35-5/h6-15,17H,1-5H3,(H,30,31)/b29-15+. The second-order valence-corrected chi connectivity index (χ2v) is 8.21. The molecule has 10 heteroatoms. The molecule has 9 nitrogen and oxygen atoms in total. The molecule has 3 aromatic rings. The first-order valence-electron chi connectivity index (χ1n) is 11.1. The van der Waals surface area contributed by atoms with Crippen LogP contribution in [-0.2, 0) is 4.79 Å². The van der Waals surface area contributed by atoms with Crippen molar-refractivity contribution in [3.05, 3.63) is 76.3 Å². The van der Waals surface area contributed by atoms with Gasteiger partial charge in [-0.2, -0.15) is 5.10 Å². The zero-order valence-corrected chi connectivity index (χ0v) is 21.8. The molecule has 0 saturated carbocycles. The molecule has 0 aromatic heterocycles. The number of esters is 1. The van der Waals surface area contributed by atoms with Gasteiger partial charge in [-0.1, -0.05) is 11.6 Å². The van der Waals surface area contributed by atoms with Crippen molar-refractivity contribution in [3.8, 4) is 28.7 Å². The largest absolute Gasteiger partial charge is 0.493 e. The molecule has 37 heavy (non-hydrogen) atoms. The first kappa shape index (κ1) is 27.3. The summed E-state index contributed by atoms with van der Waals surface area (Å²) in [5.74, 6) is 0.937. The van der Waals surface area contributed by atoms with Gasteiger partial charge in [-0.25, -0.2) is 10.2 Å². The number of nitrogens with one attached hydrogen (secondary N) is 1. The van der Waals surface area contributed by atoms with Gasteiger partial charge in [0.1, 0.15) is 5.75 Å². The van der Waals surface area contributed by atoms with Crippen molar-refractivity contribution < 1.29 is 33.3 Å². The molecule has 3 rings (SSSR count). The molecular formula is C27H27ClN2O7. The number of aryl methyl sites for hydroxylation is 1. The molecule has 1 amide bonds. The monoisotopic (exact) mass is 526 g/mol. The topological polar surface area (TPSA) is 105 Å². The molecule has 1 unspecified atom stereocenters. The lowest BCUT2D eigenvalue weighted by atomic mass is 10.2. The summed E-state index contributed by atoms with van der Waals surface area (Å²) in [4.78, 5) is 25.0. The summed E-state index contributed by atoms with van der Waals surface area (Å²) in [6.07, 6.45) is 0.644. The predicted octanol–water partition coefficient (Wildman–Crippen LogP) is 4.81. The minimum absolute atomic E-state index is 0.212. The van der Waals surface area contributed by atoms with E-state index in [1.54, 1.807) is 55.5 Å². The van der Waals surface area contributed by atoms with Crippen molar-refractivity contribution in [1.82, 2.24) is 5.43 Å². The number of carbonyl (C=O) groups excluding carboxylic acids is 2. The molecule has 0 aliphatic rings. The number of hydrogen-bond donors (Lipinski definition) is 1. The van der Waals surface area contributed by atoms with Crippen LogP contribution in [0.4, 0.5) is 0 Å². The highest BCUT2D eigenvalue weighted by Crippen LogP contribution is 2.31. The van der Waals surface area contributed by atoms with E-state index in [0.29, 0.717) is 33.6 Å². The Morgan fingerprint density at radius 1 is 0.865 bits per heavy atom. The lowest BCUT2D eigenvalue weighted by Gasteiger charge is -2.15. The number of hydrogen-bond acceptors (Lipinski definition) is 8. The first-order chi connectivity index (χ1) is 17.7. The van der Waals surface area contributed by atoms with Gasteiger partial charge in [0.15, 0.2) is 29.1 Å². The highest BCUT2D eigenvalue weighted by Gasteiger charge is 2.17. The summed E-state index contributed by atoms with van der Waals surface area (Å²) in [5.41, 5.74) is 4.13. The first-order valence-corrected chi connectivity index (χ1v) is 11.5. The third-order valence-corrected chi connectivity index (χ3v) is 5.44. The van der Waals surface area contributed by atoms with E-state index < -0.39 is 18.0 Å². The summed E-state index contributed by atoms with van der Waals surface area (Å²) >= 11 is 5.95. The lowest BCUT2D eigenvalue weighted by Crippen LogP contribution is -2.33. The van der Waals surface area contributed by atoms with Gasteiger partial charge in [-0.15, -0.1) is 0 Å². The summed E-state index contributed by atoms with van der Waals surface area (Å²) in [6.45, 7) is 3.45. The van der Waals surface area contributed by atoms with E-state index in [2.05, 4.69) is 10.5 Å². The fourth-order valence-electron chi connectivity index (χ4n) is 3.22. The smallest absolute Gasteiger partial charge is 0.343 e. The Morgan fingerprint density at radius 3 is 2.19 bits per heavy atom. The van der Waals surface area contributed by atoms with Gasteiger partial charge in [0.05, 0.1) is 33.1 Å². The number of rotatable bonds is 10. The van der Waals surface area contributed by atoms with E-state index in [1.807, 2.05) is 6.92 Å². The zero-order chi connectivity index (χ0) is 26.9. The number of methoxy groups -OCH3 is 3. The highest BCUT2D eigenvalue weighted by atomic mass is 35.5. The molecule has 0 radical (unpaired) electrons. The van der Waals surface area contributed by atoms with E-state index in [0.717, 1.165) is 5.56 Å². The van der Waals surface area contributed by atoms with Crippen LogP contribution in [0.25, 0.3) is 0 Å². The third-order valence-electron chi connectivity index (χ3n) is 5.21. The molecule has 1 atom stereocenters. The summed E-state index contributed by atoms with van der Waals surface area (Å²) in [6, 6.07) is 14.7. The normalized spacial score (nSPS) is 11.5. The summed E-state index contributed by atoms with van der Waals surface area (Å²) < 4.78 is 27.0. The third kappa shape index (κ3) is 7.14. The van der Waals surface area contributed by atoms with Crippen molar-refractivity contribution in [2.75, 3.05) is 21.3 Å². The summed E-state index contributed by atoms with van der Waals surface area (Å²) in [5, 5.41) is 4.56. The molecule has 0 aliphatic carbocycles. The van der Waals surface area contributed by atoms with Crippen LogP contribution < -0.4 is 29.1 Å². The number of hydrazone groups is 1. The average molecular weight is 527 g/mol. The van der Waals surface area contributed by atoms with Crippen LogP contribution in [0, 0.1) is 6.92 Å². The van der Waals surface area contributed by atoms with Crippen molar-refractivity contribution in [1.29, 1.82) is 0 Å². The Hall–Kier alpha value is -4.24. The molecule has 0 fully saturated rings. The average Bonchev–Trinajstić information content (AvgIpc) is 2.90. The number of nitrogens with zero attached hydrogens (tertiary/aromatic N) is 1. The minimum atomic E-state index is -0.787. The van der Waals surface area contributed by atoms with Gasteiger partial charge in [0.2, 0.25) is 0 Å². The molecule has 3 aromatic carbocycles. The minimum Gasteiger partial charge on any atom is -0.493 e. The van der Waals surface area contributed by atoms with Crippen LogP contribution in [-0.4, -0.2) is 45.5 Å². The Kier molecular flexibility index (Phi) is 9.34. The maximum Gasteiger partial charge on any atom is 0.343 e. The van der Waals surface area contributed by atoms with E-state index in [-0.39, 0.29) is 11.3 Å². The maximum atomic E-state index is 12.6. The molecule has 0 heterocycles. The van der Waals surface area contributed by atoms with E-state index in [4.69, 9.17) is 35.3 Å². The Morgan fingerprint density at radius 2 is 1.51 bits per heavy atom. The summed E-state index contributed by atoms with van der Waals surface area (Å²) in [7, 11) is 4.43. The van der Waals surface area contributed by atoms with Crippen LogP contribution in [0.5, 0.6) is 28.7 Å². The molecule has 1 N–H and O–H groups in total. The highest BCUT2D eigenvalue weighted by molar-refractivity contribution is 6.30. The van der Waals surface area contributed by atoms with Crippen molar-refractivity contribution in [3.63, 3.8) is 0 Å². The maximum absolute atomic E-state index is 12.6. The van der Waals surface area contributed by atoms with E-state index >= 15 is 0 Å². The second kappa shape index (κ2) is 12.6.